The lowest BCUT2D eigenvalue weighted by molar-refractivity contribution is 0.875. The van der Waals surface area contributed by atoms with Gasteiger partial charge in [-0.3, -0.25) is 0 Å². The van der Waals surface area contributed by atoms with Crippen molar-refractivity contribution in [2.24, 2.45) is 0 Å². The minimum Gasteiger partial charge on any atom is -0.328 e. The Balaban J connectivity index is 1.72. The molecule has 0 atom stereocenters. The number of fused-ring (bicyclic) bond motifs is 6. The van der Waals surface area contributed by atoms with Gasteiger partial charge in [0.2, 0.25) is 0 Å². The molecule has 0 spiro atoms. The van der Waals surface area contributed by atoms with E-state index in [2.05, 4.69) is 89.5 Å². The highest BCUT2D eigenvalue weighted by atomic mass is 32.1. The summed E-state index contributed by atoms with van der Waals surface area (Å²) in [6, 6.07) is 30.1. The number of rotatable bonds is 2. The summed E-state index contributed by atoms with van der Waals surface area (Å²) in [5, 5.41) is 4.98. The zero-order valence-electron chi connectivity index (χ0n) is 14.6. The standard InChI is InChI=1S/C24H16N2S/c1-2-8-16(9-3-1)15-26-22-13-7-5-11-18(22)20-14-19-17-10-4-6-12-21(17)25-23(19)27-24(20)26/h1-14H,15H2. The van der Waals surface area contributed by atoms with Gasteiger partial charge in [0.05, 0.1) is 11.0 Å². The Kier molecular flexibility index (Phi) is 3.13. The molecule has 0 N–H and O–H groups in total. The first-order valence-corrected chi connectivity index (χ1v) is 9.93. The molecule has 2 aliphatic heterocycles. The molecule has 1 aromatic heterocycles. The molecule has 0 saturated carbocycles. The van der Waals surface area contributed by atoms with Crippen LogP contribution in [0.25, 0.3) is 42.6 Å². The summed E-state index contributed by atoms with van der Waals surface area (Å²) in [5.41, 5.74) is 4.93. The maximum atomic E-state index is 4.89. The third-order valence-electron chi connectivity index (χ3n) is 5.27. The third kappa shape index (κ3) is 2.22. The van der Waals surface area contributed by atoms with Crippen molar-refractivity contribution in [3.63, 3.8) is 0 Å². The van der Waals surface area contributed by atoms with Crippen molar-refractivity contribution < 1.29 is 0 Å². The first-order valence-electron chi connectivity index (χ1n) is 9.12. The minimum absolute atomic E-state index is 0.868. The highest BCUT2D eigenvalue weighted by Crippen LogP contribution is 2.42. The van der Waals surface area contributed by atoms with Crippen LogP contribution in [0, 0.1) is 0 Å². The molecule has 0 radical (unpaired) electrons. The molecule has 0 saturated heterocycles. The van der Waals surface area contributed by atoms with E-state index < -0.39 is 0 Å². The average molecular weight is 364 g/mol. The maximum Gasteiger partial charge on any atom is 0.126 e. The van der Waals surface area contributed by atoms with Crippen molar-refractivity contribution in [2.75, 3.05) is 0 Å². The molecule has 0 bridgehead atoms. The minimum atomic E-state index is 0.868. The molecule has 4 aromatic rings. The highest BCUT2D eigenvalue weighted by molar-refractivity contribution is 7.21. The molecule has 3 aromatic carbocycles. The first-order chi connectivity index (χ1) is 13.4. The summed E-state index contributed by atoms with van der Waals surface area (Å²) in [6.07, 6.45) is 0. The average Bonchev–Trinajstić information content (AvgIpc) is 3.23. The zero-order valence-corrected chi connectivity index (χ0v) is 15.4. The van der Waals surface area contributed by atoms with Crippen LogP contribution in [-0.2, 0) is 6.54 Å². The Labute approximate surface area is 160 Å². The van der Waals surface area contributed by atoms with E-state index in [-0.39, 0.29) is 0 Å². The van der Waals surface area contributed by atoms with Crippen LogP contribution < -0.4 is 0 Å². The van der Waals surface area contributed by atoms with Gasteiger partial charge in [0.15, 0.2) is 0 Å². The van der Waals surface area contributed by atoms with Crippen molar-refractivity contribution >= 4 is 43.4 Å². The molecular weight excluding hydrogens is 348 g/mol. The van der Waals surface area contributed by atoms with Crippen molar-refractivity contribution in [3.05, 3.63) is 90.5 Å². The second kappa shape index (κ2) is 5.66. The molecule has 3 heteroatoms. The van der Waals surface area contributed by atoms with Gasteiger partial charge in [-0.2, -0.15) is 0 Å². The Morgan fingerprint density at radius 2 is 1.48 bits per heavy atom. The number of benzene rings is 3. The van der Waals surface area contributed by atoms with Crippen LogP contribution in [0.2, 0.25) is 0 Å². The van der Waals surface area contributed by atoms with Crippen LogP contribution >= 0.6 is 11.3 Å². The lowest BCUT2D eigenvalue weighted by Crippen LogP contribution is -1.98. The fourth-order valence-corrected chi connectivity index (χ4v) is 5.17. The summed E-state index contributed by atoms with van der Waals surface area (Å²) in [5.74, 6) is 0. The van der Waals surface area contributed by atoms with Gasteiger partial charge in [-0.15, -0.1) is 0 Å². The quantitative estimate of drug-likeness (QED) is 0.340. The van der Waals surface area contributed by atoms with Crippen LogP contribution in [0.4, 0.5) is 0 Å². The number of hydrogen-bond acceptors (Lipinski definition) is 2. The topological polar surface area (TPSA) is 17.8 Å². The second-order valence-electron chi connectivity index (χ2n) is 6.90. The molecule has 0 unspecified atom stereocenters. The Bertz CT molecular complexity index is 1390. The lowest BCUT2D eigenvalue weighted by atomic mass is 10.1. The van der Waals surface area contributed by atoms with Crippen molar-refractivity contribution in [2.45, 2.75) is 6.54 Å². The van der Waals surface area contributed by atoms with E-state index in [1.807, 2.05) is 0 Å². The highest BCUT2D eigenvalue weighted by Gasteiger charge is 2.18. The normalized spacial score (nSPS) is 11.9. The largest absolute Gasteiger partial charge is 0.328 e. The van der Waals surface area contributed by atoms with Gasteiger partial charge in [0.25, 0.3) is 0 Å². The molecule has 128 valence electrons. The number of aromatic nitrogens is 2. The van der Waals surface area contributed by atoms with Crippen LogP contribution in [0.3, 0.4) is 0 Å². The van der Waals surface area contributed by atoms with Gasteiger partial charge in [0, 0.05) is 28.3 Å². The Morgan fingerprint density at radius 1 is 0.741 bits per heavy atom. The summed E-state index contributed by atoms with van der Waals surface area (Å²) in [6.45, 7) is 0.868. The smallest absolute Gasteiger partial charge is 0.126 e. The van der Waals surface area contributed by atoms with Crippen LogP contribution in [0.15, 0.2) is 84.9 Å². The molecular formula is C24H16N2S. The molecule has 3 heterocycles. The first kappa shape index (κ1) is 14.9. The monoisotopic (exact) mass is 364 g/mol. The van der Waals surface area contributed by atoms with E-state index >= 15 is 0 Å². The molecule has 0 aliphatic carbocycles. The molecule has 0 fully saturated rings. The number of para-hydroxylation sites is 2. The van der Waals surface area contributed by atoms with E-state index in [1.54, 1.807) is 11.3 Å². The SMILES string of the molecule is c1ccc(Cn2c3ccccc3c3cc4c5ccccc5nc-4sc32)cc1. The fraction of sp³-hybridized carbons (Fsp3) is 0.0417. The predicted octanol–water partition coefficient (Wildman–Crippen LogP) is 6.56. The fourth-order valence-electron chi connectivity index (χ4n) is 4.02. The maximum absolute atomic E-state index is 4.89. The van der Waals surface area contributed by atoms with E-state index in [0.29, 0.717) is 0 Å². The molecule has 6 rings (SSSR count). The van der Waals surface area contributed by atoms with E-state index in [4.69, 9.17) is 4.98 Å². The zero-order chi connectivity index (χ0) is 17.8. The van der Waals surface area contributed by atoms with Crippen LogP contribution in [0.5, 0.6) is 0 Å². The number of hydrogen-bond donors (Lipinski definition) is 0. The lowest BCUT2D eigenvalue weighted by Gasteiger charge is -2.08. The van der Waals surface area contributed by atoms with Crippen molar-refractivity contribution in [3.8, 4) is 10.6 Å². The summed E-state index contributed by atoms with van der Waals surface area (Å²) >= 11 is 1.80. The van der Waals surface area contributed by atoms with Crippen molar-refractivity contribution in [1.82, 2.24) is 9.55 Å². The predicted molar refractivity (Wildman–Crippen MR) is 115 cm³/mol. The second-order valence-corrected chi connectivity index (χ2v) is 7.88. The summed E-state index contributed by atoms with van der Waals surface area (Å²) < 4.78 is 2.43. The van der Waals surface area contributed by atoms with Gasteiger partial charge in [-0.25, -0.2) is 4.98 Å². The van der Waals surface area contributed by atoms with Crippen LogP contribution in [-0.4, -0.2) is 9.55 Å². The van der Waals surface area contributed by atoms with Crippen molar-refractivity contribution in [1.29, 1.82) is 0 Å². The van der Waals surface area contributed by atoms with Gasteiger partial charge in [-0.1, -0.05) is 78.1 Å². The van der Waals surface area contributed by atoms with Gasteiger partial charge in [-0.05, 0) is 23.8 Å². The van der Waals surface area contributed by atoms with E-state index in [1.165, 1.54) is 37.6 Å². The molecule has 27 heavy (non-hydrogen) atoms. The number of nitrogens with zero attached hydrogens (tertiary/aromatic N) is 2. The van der Waals surface area contributed by atoms with Crippen LogP contribution in [0.1, 0.15) is 5.56 Å². The van der Waals surface area contributed by atoms with Gasteiger partial charge in [0.1, 0.15) is 9.84 Å². The Hall–Kier alpha value is -3.17. The summed E-state index contributed by atoms with van der Waals surface area (Å²) in [4.78, 5) is 6.18. The third-order valence-corrected chi connectivity index (χ3v) is 6.41. The van der Waals surface area contributed by atoms with Gasteiger partial charge < -0.3 is 4.57 Å². The molecule has 0 amide bonds. The Morgan fingerprint density at radius 3 is 2.37 bits per heavy atom. The van der Waals surface area contributed by atoms with E-state index in [0.717, 1.165) is 17.1 Å². The molecule has 2 aliphatic rings. The molecule has 2 nitrogen and oxygen atoms in total. The van der Waals surface area contributed by atoms with E-state index in [9.17, 15) is 0 Å². The summed E-state index contributed by atoms with van der Waals surface area (Å²) in [7, 11) is 0. The van der Waals surface area contributed by atoms with Gasteiger partial charge >= 0.3 is 0 Å².